The Bertz CT molecular complexity index is 502. The first-order valence-electron chi connectivity index (χ1n) is 7.44. The highest BCUT2D eigenvalue weighted by molar-refractivity contribution is 5.46. The van der Waals surface area contributed by atoms with Crippen LogP contribution >= 0.6 is 0 Å². The van der Waals surface area contributed by atoms with Crippen LogP contribution in [0.25, 0.3) is 0 Å². The average Bonchev–Trinajstić information content (AvgIpc) is 2.91. The fourth-order valence-corrected chi connectivity index (χ4v) is 2.30. The van der Waals surface area contributed by atoms with E-state index in [9.17, 15) is 0 Å². The molecule has 0 amide bonds. The van der Waals surface area contributed by atoms with Gasteiger partial charge < -0.3 is 5.32 Å². The van der Waals surface area contributed by atoms with Gasteiger partial charge in [0.15, 0.2) is 0 Å². The minimum absolute atomic E-state index is 0.800. The van der Waals surface area contributed by atoms with E-state index in [-0.39, 0.29) is 0 Å². The number of rotatable bonds is 7. The van der Waals surface area contributed by atoms with Crippen LogP contribution < -0.4 is 5.32 Å². The third kappa shape index (κ3) is 3.40. The lowest BCUT2D eigenvalue weighted by atomic mass is 10.2. The number of aryl methyl sites for hydroxylation is 4. The smallest absolute Gasteiger partial charge is 0.0825 e. The number of hydrogen-bond acceptors (Lipinski definition) is 3. The fraction of sp³-hybridized carbons (Fsp3) is 0.600. The van der Waals surface area contributed by atoms with Crippen molar-refractivity contribution >= 4 is 5.69 Å². The molecule has 2 rings (SSSR count). The molecular weight excluding hydrogens is 250 g/mol. The SMILES string of the molecule is CCCn1cc(CNc2cn(CCC)nc2C)c(C)n1. The Kier molecular flexibility index (Phi) is 4.82. The molecule has 2 heterocycles. The lowest BCUT2D eigenvalue weighted by molar-refractivity contribution is 0.598. The second kappa shape index (κ2) is 6.59. The summed E-state index contributed by atoms with van der Waals surface area (Å²) in [5.41, 5.74) is 4.52. The van der Waals surface area contributed by atoms with Crippen molar-refractivity contribution in [3.05, 3.63) is 29.3 Å². The normalized spacial score (nSPS) is 11.0. The first-order chi connectivity index (χ1) is 9.63. The maximum Gasteiger partial charge on any atom is 0.0825 e. The molecule has 20 heavy (non-hydrogen) atoms. The Balaban J connectivity index is 2.01. The van der Waals surface area contributed by atoms with Gasteiger partial charge in [-0.15, -0.1) is 0 Å². The molecule has 0 radical (unpaired) electrons. The van der Waals surface area contributed by atoms with Crippen LogP contribution in [-0.2, 0) is 19.6 Å². The zero-order chi connectivity index (χ0) is 14.5. The molecule has 0 spiro atoms. The van der Waals surface area contributed by atoms with E-state index in [4.69, 9.17) is 0 Å². The topological polar surface area (TPSA) is 47.7 Å². The molecule has 0 saturated carbocycles. The Labute approximate surface area is 121 Å². The van der Waals surface area contributed by atoms with Gasteiger partial charge in [-0.3, -0.25) is 9.36 Å². The van der Waals surface area contributed by atoms with E-state index in [0.29, 0.717) is 0 Å². The zero-order valence-electron chi connectivity index (χ0n) is 13.0. The molecule has 1 N–H and O–H groups in total. The summed E-state index contributed by atoms with van der Waals surface area (Å²) < 4.78 is 4.03. The molecule has 0 saturated heterocycles. The summed E-state index contributed by atoms with van der Waals surface area (Å²) in [5, 5.41) is 12.5. The summed E-state index contributed by atoms with van der Waals surface area (Å²) >= 11 is 0. The number of nitrogens with zero attached hydrogens (tertiary/aromatic N) is 4. The van der Waals surface area contributed by atoms with Crippen LogP contribution in [-0.4, -0.2) is 19.6 Å². The van der Waals surface area contributed by atoms with Crippen molar-refractivity contribution in [1.82, 2.24) is 19.6 Å². The molecule has 0 unspecified atom stereocenters. The Morgan fingerprint density at radius 1 is 0.950 bits per heavy atom. The van der Waals surface area contributed by atoms with Crippen molar-refractivity contribution < 1.29 is 0 Å². The molecule has 0 aromatic carbocycles. The van der Waals surface area contributed by atoms with Gasteiger partial charge in [-0.25, -0.2) is 0 Å². The van der Waals surface area contributed by atoms with Gasteiger partial charge >= 0.3 is 0 Å². The van der Waals surface area contributed by atoms with Crippen LogP contribution in [0.3, 0.4) is 0 Å². The van der Waals surface area contributed by atoms with Crippen molar-refractivity contribution in [3.63, 3.8) is 0 Å². The Morgan fingerprint density at radius 3 is 2.20 bits per heavy atom. The molecule has 0 aliphatic rings. The highest BCUT2D eigenvalue weighted by Crippen LogP contribution is 2.15. The summed E-state index contributed by atoms with van der Waals surface area (Å²) in [6.45, 7) is 11.2. The van der Waals surface area contributed by atoms with Crippen LogP contribution in [0.2, 0.25) is 0 Å². The summed E-state index contributed by atoms with van der Waals surface area (Å²) in [6.07, 6.45) is 6.43. The highest BCUT2D eigenvalue weighted by atomic mass is 15.3. The van der Waals surface area contributed by atoms with Crippen LogP contribution in [0.1, 0.15) is 43.6 Å². The summed E-state index contributed by atoms with van der Waals surface area (Å²) in [5.74, 6) is 0. The van der Waals surface area contributed by atoms with E-state index in [2.05, 4.69) is 48.7 Å². The van der Waals surface area contributed by atoms with E-state index in [1.807, 2.05) is 16.3 Å². The molecule has 0 aliphatic carbocycles. The van der Waals surface area contributed by atoms with E-state index in [1.54, 1.807) is 0 Å². The van der Waals surface area contributed by atoms with E-state index in [0.717, 1.165) is 49.6 Å². The molecule has 2 aromatic heterocycles. The minimum atomic E-state index is 0.800. The predicted molar refractivity (Wildman–Crippen MR) is 81.8 cm³/mol. The van der Waals surface area contributed by atoms with Gasteiger partial charge in [0.2, 0.25) is 0 Å². The molecule has 0 atom stereocenters. The van der Waals surface area contributed by atoms with Gasteiger partial charge in [-0.05, 0) is 26.7 Å². The lowest BCUT2D eigenvalue weighted by Gasteiger charge is -2.03. The van der Waals surface area contributed by atoms with Crippen molar-refractivity contribution in [2.45, 2.75) is 60.2 Å². The highest BCUT2D eigenvalue weighted by Gasteiger charge is 2.07. The zero-order valence-corrected chi connectivity index (χ0v) is 13.0. The summed E-state index contributed by atoms with van der Waals surface area (Å²) in [6, 6.07) is 0. The molecule has 5 heteroatoms. The fourth-order valence-electron chi connectivity index (χ4n) is 2.30. The molecule has 5 nitrogen and oxygen atoms in total. The van der Waals surface area contributed by atoms with Gasteiger partial charge in [0.05, 0.1) is 17.1 Å². The van der Waals surface area contributed by atoms with Crippen molar-refractivity contribution in [1.29, 1.82) is 0 Å². The second-order valence-corrected chi connectivity index (χ2v) is 5.25. The maximum absolute atomic E-state index is 4.53. The van der Waals surface area contributed by atoms with Gasteiger partial charge in [-0.1, -0.05) is 13.8 Å². The van der Waals surface area contributed by atoms with Gasteiger partial charge in [-0.2, -0.15) is 10.2 Å². The van der Waals surface area contributed by atoms with E-state index in [1.165, 1.54) is 5.56 Å². The number of aromatic nitrogens is 4. The van der Waals surface area contributed by atoms with E-state index < -0.39 is 0 Å². The van der Waals surface area contributed by atoms with Gasteiger partial charge in [0, 0.05) is 37.6 Å². The second-order valence-electron chi connectivity index (χ2n) is 5.25. The maximum atomic E-state index is 4.53. The number of anilines is 1. The van der Waals surface area contributed by atoms with Crippen LogP contribution in [0.4, 0.5) is 5.69 Å². The van der Waals surface area contributed by atoms with Gasteiger partial charge in [0.1, 0.15) is 0 Å². The largest absolute Gasteiger partial charge is 0.378 e. The molecule has 0 aliphatic heterocycles. The van der Waals surface area contributed by atoms with Crippen molar-refractivity contribution in [2.24, 2.45) is 0 Å². The Hall–Kier alpha value is -1.78. The van der Waals surface area contributed by atoms with Crippen molar-refractivity contribution in [2.75, 3.05) is 5.32 Å². The molecule has 0 bridgehead atoms. The first kappa shape index (κ1) is 14.6. The van der Waals surface area contributed by atoms with Crippen LogP contribution in [0, 0.1) is 13.8 Å². The standard InChI is InChI=1S/C15H25N5/c1-5-7-19-10-14(12(3)17-19)9-16-15-11-20(8-6-2)18-13(15)4/h10-11,16H,5-9H2,1-4H3. The third-order valence-electron chi connectivity index (χ3n) is 3.37. The van der Waals surface area contributed by atoms with Crippen molar-refractivity contribution in [3.8, 4) is 0 Å². The predicted octanol–water partition coefficient (Wildman–Crippen LogP) is 3.13. The summed E-state index contributed by atoms with van der Waals surface area (Å²) in [7, 11) is 0. The molecule has 110 valence electrons. The molecule has 2 aromatic rings. The monoisotopic (exact) mass is 275 g/mol. The van der Waals surface area contributed by atoms with Crippen LogP contribution in [0.15, 0.2) is 12.4 Å². The van der Waals surface area contributed by atoms with Gasteiger partial charge in [0.25, 0.3) is 0 Å². The number of nitrogens with one attached hydrogen (secondary N) is 1. The third-order valence-corrected chi connectivity index (χ3v) is 3.37. The number of hydrogen-bond donors (Lipinski definition) is 1. The molecule has 0 fully saturated rings. The quantitative estimate of drug-likeness (QED) is 0.844. The van der Waals surface area contributed by atoms with Crippen LogP contribution in [0.5, 0.6) is 0 Å². The lowest BCUT2D eigenvalue weighted by Crippen LogP contribution is -2.00. The molecular formula is C15H25N5. The first-order valence-corrected chi connectivity index (χ1v) is 7.44. The van der Waals surface area contributed by atoms with E-state index >= 15 is 0 Å². The summed E-state index contributed by atoms with van der Waals surface area (Å²) in [4.78, 5) is 0. The Morgan fingerprint density at radius 2 is 1.55 bits per heavy atom. The average molecular weight is 275 g/mol. The minimum Gasteiger partial charge on any atom is -0.378 e.